The van der Waals surface area contributed by atoms with Crippen LogP contribution in [0.5, 0.6) is 23.0 Å². The third-order valence-corrected chi connectivity index (χ3v) is 13.6. The first kappa shape index (κ1) is 48.8. The van der Waals surface area contributed by atoms with Crippen molar-refractivity contribution in [2.75, 3.05) is 38.2 Å². The Hall–Kier alpha value is -5.68. The molecule has 9 rings (SSSR count). The number of rotatable bonds is 16. The first-order chi connectivity index (χ1) is 32.5. The number of anilines is 6. The van der Waals surface area contributed by atoms with E-state index >= 15 is 0 Å². The van der Waals surface area contributed by atoms with Gasteiger partial charge in [0.25, 0.3) is 0 Å². The van der Waals surface area contributed by atoms with Gasteiger partial charge in [0.2, 0.25) is 0 Å². The maximum atomic E-state index is 12.0. The number of aromatic nitrogens is 1. The molecule has 0 bridgehead atoms. The van der Waals surface area contributed by atoms with E-state index in [1.54, 1.807) is 28.4 Å². The molecule has 0 radical (unpaired) electrons. The molecule has 0 N–H and O–H groups in total. The van der Waals surface area contributed by atoms with Crippen LogP contribution >= 0.6 is 0 Å². The molecular weight excluding hydrogens is 992 g/mol. The molecule has 1 aromatic heterocycles. The molecule has 0 aliphatic heterocycles. The molecule has 1 atom stereocenters. The summed E-state index contributed by atoms with van der Waals surface area (Å²) in [4.78, 5) is 4.37. The molecule has 10 nitrogen and oxygen atoms in total. The average molecular weight is 1040 g/mol. The molecule has 1 heterocycles. The molecule has 0 aliphatic carbocycles. The van der Waals surface area contributed by atoms with Crippen LogP contribution < -0.4 is 97.6 Å². The zero-order valence-electron chi connectivity index (χ0n) is 38.9. The van der Waals surface area contributed by atoms with Gasteiger partial charge in [0, 0.05) is 67.7 Å². The quantitative estimate of drug-likeness (QED) is 0.0875. The molecule has 338 valence electrons. The van der Waals surface area contributed by atoms with Crippen molar-refractivity contribution in [3.05, 3.63) is 182 Å². The van der Waals surface area contributed by atoms with Crippen LogP contribution in [-0.2, 0) is 16.7 Å². The molecule has 0 aliphatic rings. The largest absolute Gasteiger partial charge is 1.00 e. The summed E-state index contributed by atoms with van der Waals surface area (Å²) in [6, 6.07) is 61.7. The number of methoxy groups -OCH3 is 4. The van der Waals surface area contributed by atoms with Crippen LogP contribution in [0.3, 0.4) is 0 Å². The Morgan fingerprint density at radius 3 is 0.971 bits per heavy atom. The zero-order chi connectivity index (χ0) is 46.7. The van der Waals surface area contributed by atoms with Crippen LogP contribution in [0.1, 0.15) is 13.3 Å². The predicted molar refractivity (Wildman–Crippen MR) is 270 cm³/mol. The SMILES string of the molecule is COc1ccc(N(c2ccc(OC)cc2)c2ccc(-c3ccc4c(c3)c3cc(-c5ccc(N(c6ccc(OC)cc6)c6ccc(OC)cc6)cc5)ccc3n4CCC(C)S(=O)(=O)[O-])cc2)cc1.[Cs+]. The van der Waals surface area contributed by atoms with E-state index in [4.69, 9.17) is 18.9 Å². The molecule has 0 spiro atoms. The van der Waals surface area contributed by atoms with Gasteiger partial charge >= 0.3 is 68.9 Å². The minimum absolute atomic E-state index is 0. The van der Waals surface area contributed by atoms with Crippen molar-refractivity contribution in [2.45, 2.75) is 25.1 Å². The van der Waals surface area contributed by atoms with Gasteiger partial charge in [-0.25, -0.2) is 8.42 Å². The summed E-state index contributed by atoms with van der Waals surface area (Å²) >= 11 is 0. The number of hydrogen-bond donors (Lipinski definition) is 0. The van der Waals surface area contributed by atoms with Gasteiger partial charge in [-0.3, -0.25) is 0 Å². The van der Waals surface area contributed by atoms with Crippen molar-refractivity contribution in [1.29, 1.82) is 0 Å². The second kappa shape index (κ2) is 21.3. The molecule has 8 aromatic carbocycles. The normalized spacial score (nSPS) is 11.7. The summed E-state index contributed by atoms with van der Waals surface area (Å²) in [6.45, 7) is 1.85. The molecule has 0 amide bonds. The van der Waals surface area contributed by atoms with E-state index in [1.165, 1.54) is 6.92 Å². The Morgan fingerprint density at radius 1 is 0.441 bits per heavy atom. The predicted octanol–water partition coefficient (Wildman–Crippen LogP) is 10.4. The molecule has 1 unspecified atom stereocenters. The fraction of sp³-hybridized carbons (Fsp3) is 0.143. The van der Waals surface area contributed by atoms with Crippen molar-refractivity contribution < 1.29 is 101 Å². The van der Waals surface area contributed by atoms with Gasteiger partial charge in [-0.15, -0.1) is 0 Å². The van der Waals surface area contributed by atoms with Gasteiger partial charge in [-0.2, -0.15) is 0 Å². The molecular formula is C56H50CsN3O7S. The average Bonchev–Trinajstić information content (AvgIpc) is 3.68. The van der Waals surface area contributed by atoms with E-state index in [0.29, 0.717) is 6.54 Å². The molecule has 12 heteroatoms. The minimum Gasteiger partial charge on any atom is -0.748 e. The maximum Gasteiger partial charge on any atom is 1.00 e. The first-order valence-corrected chi connectivity index (χ1v) is 23.4. The second-order valence-corrected chi connectivity index (χ2v) is 18.1. The topological polar surface area (TPSA) is 106 Å². The van der Waals surface area contributed by atoms with Crippen molar-refractivity contribution in [3.8, 4) is 45.3 Å². The van der Waals surface area contributed by atoms with Crippen molar-refractivity contribution in [3.63, 3.8) is 0 Å². The fourth-order valence-electron chi connectivity index (χ4n) is 8.58. The first-order valence-electron chi connectivity index (χ1n) is 21.9. The van der Waals surface area contributed by atoms with Crippen molar-refractivity contribution in [1.82, 2.24) is 4.57 Å². The van der Waals surface area contributed by atoms with E-state index in [0.717, 1.165) is 101 Å². The third kappa shape index (κ3) is 10.3. The van der Waals surface area contributed by atoms with Crippen LogP contribution in [0, 0.1) is 0 Å². The van der Waals surface area contributed by atoms with Crippen LogP contribution in [0.25, 0.3) is 44.1 Å². The molecule has 0 saturated heterocycles. The number of ether oxygens (including phenoxy) is 4. The van der Waals surface area contributed by atoms with Crippen LogP contribution in [0.15, 0.2) is 182 Å². The van der Waals surface area contributed by atoms with Crippen molar-refractivity contribution >= 4 is 66.0 Å². The Labute approximate surface area is 456 Å². The van der Waals surface area contributed by atoms with Gasteiger partial charge in [0.15, 0.2) is 0 Å². The fourth-order valence-corrected chi connectivity index (χ4v) is 8.98. The Kier molecular flexibility index (Phi) is 15.3. The smallest absolute Gasteiger partial charge is 0.748 e. The van der Waals surface area contributed by atoms with E-state index in [-0.39, 0.29) is 75.3 Å². The Balaban J connectivity index is 0.00000625. The van der Waals surface area contributed by atoms with Crippen molar-refractivity contribution in [2.24, 2.45) is 0 Å². The van der Waals surface area contributed by atoms with Gasteiger partial charge in [-0.05, 0) is 181 Å². The van der Waals surface area contributed by atoms with E-state index in [1.807, 2.05) is 97.1 Å². The Morgan fingerprint density at radius 2 is 0.706 bits per heavy atom. The number of fused-ring (bicyclic) bond motifs is 3. The molecule has 0 saturated carbocycles. The third-order valence-electron chi connectivity index (χ3n) is 12.4. The summed E-state index contributed by atoms with van der Waals surface area (Å²) in [5.74, 6) is 3.11. The number of hydrogen-bond acceptors (Lipinski definition) is 9. The van der Waals surface area contributed by atoms with E-state index in [9.17, 15) is 13.0 Å². The molecule has 68 heavy (non-hydrogen) atoms. The summed E-state index contributed by atoms with van der Waals surface area (Å²) < 4.78 is 59.9. The number of benzene rings is 8. The van der Waals surface area contributed by atoms with Crippen LogP contribution in [0.2, 0.25) is 0 Å². The zero-order valence-corrected chi connectivity index (χ0v) is 46.0. The number of nitrogens with zero attached hydrogens (tertiary/aromatic N) is 3. The monoisotopic (exact) mass is 1040 g/mol. The maximum absolute atomic E-state index is 12.0. The van der Waals surface area contributed by atoms with E-state index < -0.39 is 15.4 Å². The van der Waals surface area contributed by atoms with Crippen LogP contribution in [0.4, 0.5) is 34.1 Å². The second-order valence-electron chi connectivity index (χ2n) is 16.3. The van der Waals surface area contributed by atoms with Gasteiger partial charge < -0.3 is 37.9 Å². The van der Waals surface area contributed by atoms with Gasteiger partial charge in [0.05, 0.1) is 38.6 Å². The number of aryl methyl sites for hydroxylation is 1. The summed E-state index contributed by atoms with van der Waals surface area (Å²) in [5, 5.41) is 1.02. The summed E-state index contributed by atoms with van der Waals surface area (Å²) in [6.07, 6.45) is 0.189. The Bertz CT molecular complexity index is 2960. The van der Waals surface area contributed by atoms with E-state index in [2.05, 4.69) is 99.3 Å². The standard InChI is InChI=1S/C56H51N3O7S.Cs/c1-38(67(60,61)62)34-35-57-55-32-10-41(39-6-12-43(13-7-39)58(45-16-24-49(63-2)25-17-45)46-18-26-50(64-3)27-19-46)36-53(55)54-37-42(11-33-56(54)57)40-8-14-44(15-9-40)59(47-20-28-51(65-4)29-21-47)48-22-30-52(66-5)31-23-48;/h6-33,36-38H,34-35H2,1-5H3,(H,60,61,62);/q;+1/p-1. The molecule has 9 aromatic rings. The minimum atomic E-state index is -4.44. The van der Waals surface area contributed by atoms with Crippen LogP contribution in [-0.4, -0.2) is 51.2 Å². The summed E-state index contributed by atoms with van der Waals surface area (Å²) in [5.41, 5.74) is 11.9. The van der Waals surface area contributed by atoms with Gasteiger partial charge in [-0.1, -0.05) is 36.4 Å². The van der Waals surface area contributed by atoms with Gasteiger partial charge in [0.1, 0.15) is 23.0 Å². The summed E-state index contributed by atoms with van der Waals surface area (Å²) in [7, 11) is 2.20. The molecule has 0 fully saturated rings.